The van der Waals surface area contributed by atoms with Crippen molar-refractivity contribution in [1.82, 2.24) is 5.32 Å². The predicted molar refractivity (Wildman–Crippen MR) is 67.4 cm³/mol. The fourth-order valence-corrected chi connectivity index (χ4v) is 1.44. The zero-order chi connectivity index (χ0) is 11.3. The number of rotatable bonds is 5. The molecule has 0 fully saturated rings. The molecule has 1 aromatic carbocycles. The molecule has 0 heterocycles. The van der Waals surface area contributed by atoms with Crippen LogP contribution in [0.25, 0.3) is 0 Å². The molecule has 0 aliphatic carbocycles. The van der Waals surface area contributed by atoms with Crippen LogP contribution in [0.1, 0.15) is 18.5 Å². The lowest BCUT2D eigenvalue weighted by molar-refractivity contribution is 0.618. The highest BCUT2D eigenvalue weighted by Crippen LogP contribution is 2.17. The van der Waals surface area contributed by atoms with Gasteiger partial charge in [0.25, 0.3) is 0 Å². The normalized spacial score (nSPS) is 12.2. The summed E-state index contributed by atoms with van der Waals surface area (Å²) in [5.41, 5.74) is 2.54. The molecule has 1 aromatic rings. The standard InChI is InChI=1S/C13H20N2/c1-5-10-14-11(2)12-6-8-13(9-7-12)15(3)4/h5-9,11,14H,1,10H2,2-4H3. The van der Waals surface area contributed by atoms with E-state index in [1.165, 1.54) is 11.3 Å². The van der Waals surface area contributed by atoms with E-state index in [-0.39, 0.29) is 0 Å². The SMILES string of the molecule is C=CCNC(C)c1ccc(N(C)C)cc1. The maximum Gasteiger partial charge on any atom is 0.0361 e. The second-order valence-corrected chi connectivity index (χ2v) is 3.90. The summed E-state index contributed by atoms with van der Waals surface area (Å²) in [6.07, 6.45) is 1.88. The lowest BCUT2D eigenvalue weighted by Gasteiger charge is -2.16. The van der Waals surface area contributed by atoms with Gasteiger partial charge in [0, 0.05) is 32.4 Å². The van der Waals surface area contributed by atoms with Crippen LogP contribution >= 0.6 is 0 Å². The largest absolute Gasteiger partial charge is 0.378 e. The summed E-state index contributed by atoms with van der Waals surface area (Å²) in [6.45, 7) is 6.70. The Hall–Kier alpha value is -1.28. The minimum absolute atomic E-state index is 0.374. The number of hydrogen-bond acceptors (Lipinski definition) is 2. The molecule has 0 aromatic heterocycles. The molecule has 0 saturated carbocycles. The van der Waals surface area contributed by atoms with E-state index in [1.807, 2.05) is 20.2 Å². The summed E-state index contributed by atoms with van der Waals surface area (Å²) < 4.78 is 0. The van der Waals surface area contributed by atoms with Crippen molar-refractivity contribution in [1.29, 1.82) is 0 Å². The molecule has 1 N–H and O–H groups in total. The second kappa shape index (κ2) is 5.56. The molecular weight excluding hydrogens is 184 g/mol. The molecule has 1 unspecified atom stereocenters. The molecule has 0 aliphatic rings. The van der Waals surface area contributed by atoms with Crippen LogP contribution < -0.4 is 10.2 Å². The van der Waals surface area contributed by atoms with E-state index in [9.17, 15) is 0 Å². The van der Waals surface area contributed by atoms with Gasteiger partial charge in [0.05, 0.1) is 0 Å². The first-order valence-corrected chi connectivity index (χ1v) is 5.26. The number of benzene rings is 1. The molecule has 0 saturated heterocycles. The van der Waals surface area contributed by atoms with Crippen LogP contribution in [0, 0.1) is 0 Å². The van der Waals surface area contributed by atoms with Crippen LogP contribution in [-0.2, 0) is 0 Å². The van der Waals surface area contributed by atoms with Gasteiger partial charge >= 0.3 is 0 Å². The Labute approximate surface area is 92.6 Å². The van der Waals surface area contributed by atoms with Gasteiger partial charge in [-0.2, -0.15) is 0 Å². The van der Waals surface area contributed by atoms with E-state index in [2.05, 4.69) is 48.0 Å². The van der Waals surface area contributed by atoms with E-state index < -0.39 is 0 Å². The Bertz CT molecular complexity index is 301. The van der Waals surface area contributed by atoms with Gasteiger partial charge in [-0.3, -0.25) is 0 Å². The topological polar surface area (TPSA) is 15.3 Å². The summed E-state index contributed by atoms with van der Waals surface area (Å²) in [6, 6.07) is 8.98. The monoisotopic (exact) mass is 204 g/mol. The molecule has 1 rings (SSSR count). The van der Waals surface area contributed by atoms with E-state index in [0.29, 0.717) is 6.04 Å². The first-order chi connectivity index (χ1) is 7.15. The average molecular weight is 204 g/mol. The number of anilines is 1. The number of nitrogens with one attached hydrogen (secondary N) is 1. The molecule has 0 radical (unpaired) electrons. The van der Waals surface area contributed by atoms with E-state index >= 15 is 0 Å². The Kier molecular flexibility index (Phi) is 4.37. The van der Waals surface area contributed by atoms with Crippen molar-refractivity contribution in [3.05, 3.63) is 42.5 Å². The molecule has 2 heteroatoms. The van der Waals surface area contributed by atoms with Crippen LogP contribution in [0.2, 0.25) is 0 Å². The summed E-state index contributed by atoms with van der Waals surface area (Å²) >= 11 is 0. The van der Waals surface area contributed by atoms with Crippen molar-refractivity contribution in [2.24, 2.45) is 0 Å². The van der Waals surface area contributed by atoms with Crippen molar-refractivity contribution in [3.63, 3.8) is 0 Å². The smallest absolute Gasteiger partial charge is 0.0361 e. The van der Waals surface area contributed by atoms with Crippen LogP contribution in [0.15, 0.2) is 36.9 Å². The van der Waals surface area contributed by atoms with E-state index in [1.54, 1.807) is 0 Å². The number of nitrogens with zero attached hydrogens (tertiary/aromatic N) is 1. The lowest BCUT2D eigenvalue weighted by atomic mass is 10.1. The fourth-order valence-electron chi connectivity index (χ4n) is 1.44. The molecule has 0 spiro atoms. The van der Waals surface area contributed by atoms with Crippen molar-refractivity contribution in [2.75, 3.05) is 25.5 Å². The fraction of sp³-hybridized carbons (Fsp3) is 0.385. The number of hydrogen-bond donors (Lipinski definition) is 1. The molecule has 2 nitrogen and oxygen atoms in total. The summed E-state index contributed by atoms with van der Waals surface area (Å²) in [5.74, 6) is 0. The van der Waals surface area contributed by atoms with Crippen LogP contribution in [-0.4, -0.2) is 20.6 Å². The quantitative estimate of drug-likeness (QED) is 0.742. The van der Waals surface area contributed by atoms with Gasteiger partial charge in [-0.05, 0) is 24.6 Å². The minimum Gasteiger partial charge on any atom is -0.378 e. The van der Waals surface area contributed by atoms with Gasteiger partial charge in [0.1, 0.15) is 0 Å². The Morgan fingerprint density at radius 2 is 1.93 bits per heavy atom. The summed E-state index contributed by atoms with van der Waals surface area (Å²) in [7, 11) is 4.10. The molecule has 1 atom stereocenters. The second-order valence-electron chi connectivity index (χ2n) is 3.90. The third kappa shape index (κ3) is 3.40. The van der Waals surface area contributed by atoms with Gasteiger partial charge < -0.3 is 10.2 Å². The molecule has 0 amide bonds. The van der Waals surface area contributed by atoms with Gasteiger partial charge in [-0.1, -0.05) is 18.2 Å². The first-order valence-electron chi connectivity index (χ1n) is 5.26. The van der Waals surface area contributed by atoms with Gasteiger partial charge in [-0.25, -0.2) is 0 Å². The van der Waals surface area contributed by atoms with Crippen molar-refractivity contribution >= 4 is 5.69 Å². The van der Waals surface area contributed by atoms with E-state index in [4.69, 9.17) is 0 Å². The van der Waals surface area contributed by atoms with E-state index in [0.717, 1.165) is 6.54 Å². The highest BCUT2D eigenvalue weighted by atomic mass is 15.1. The minimum atomic E-state index is 0.374. The molecule has 0 aliphatic heterocycles. The van der Waals surface area contributed by atoms with Crippen molar-refractivity contribution < 1.29 is 0 Å². The van der Waals surface area contributed by atoms with Gasteiger partial charge in [0.15, 0.2) is 0 Å². The Morgan fingerprint density at radius 1 is 1.33 bits per heavy atom. The Balaban J connectivity index is 2.66. The van der Waals surface area contributed by atoms with Gasteiger partial charge in [0.2, 0.25) is 0 Å². The maximum absolute atomic E-state index is 3.69. The van der Waals surface area contributed by atoms with Crippen LogP contribution in [0.3, 0.4) is 0 Å². The lowest BCUT2D eigenvalue weighted by Crippen LogP contribution is -2.18. The first kappa shape index (κ1) is 11.8. The van der Waals surface area contributed by atoms with Gasteiger partial charge in [-0.15, -0.1) is 6.58 Å². The third-order valence-electron chi connectivity index (χ3n) is 2.48. The predicted octanol–water partition coefficient (Wildman–Crippen LogP) is 2.59. The zero-order valence-corrected chi connectivity index (χ0v) is 9.83. The highest BCUT2D eigenvalue weighted by Gasteiger charge is 2.03. The zero-order valence-electron chi connectivity index (χ0n) is 9.83. The molecular formula is C13H20N2. The summed E-state index contributed by atoms with van der Waals surface area (Å²) in [5, 5.41) is 3.37. The van der Waals surface area contributed by atoms with Crippen molar-refractivity contribution in [2.45, 2.75) is 13.0 Å². The highest BCUT2D eigenvalue weighted by molar-refractivity contribution is 5.46. The molecule has 15 heavy (non-hydrogen) atoms. The average Bonchev–Trinajstić information content (AvgIpc) is 2.26. The maximum atomic E-state index is 3.69. The summed E-state index contributed by atoms with van der Waals surface area (Å²) in [4.78, 5) is 2.10. The van der Waals surface area contributed by atoms with Crippen LogP contribution in [0.4, 0.5) is 5.69 Å². The molecule has 0 bridgehead atoms. The van der Waals surface area contributed by atoms with Crippen LogP contribution in [0.5, 0.6) is 0 Å². The third-order valence-corrected chi connectivity index (χ3v) is 2.48. The molecule has 82 valence electrons. The van der Waals surface area contributed by atoms with Crippen molar-refractivity contribution in [3.8, 4) is 0 Å². The Morgan fingerprint density at radius 3 is 2.40 bits per heavy atom.